The molecule has 6 nitrogen and oxygen atoms in total. The SMILES string of the molecule is CC(C)N(C)S(=O)(=O)c1ccc(CNC(=O)CCCCCCN)cc1.Cl. The Morgan fingerprint density at radius 2 is 1.69 bits per heavy atom. The van der Waals surface area contributed by atoms with E-state index in [9.17, 15) is 13.2 Å². The molecule has 26 heavy (non-hydrogen) atoms. The van der Waals surface area contributed by atoms with E-state index in [1.807, 2.05) is 13.8 Å². The van der Waals surface area contributed by atoms with Crippen LogP contribution in [0.25, 0.3) is 0 Å². The Morgan fingerprint density at radius 1 is 1.12 bits per heavy atom. The third-order valence-corrected chi connectivity index (χ3v) is 6.22. The molecule has 1 aromatic rings. The van der Waals surface area contributed by atoms with Gasteiger partial charge in [-0.15, -0.1) is 12.4 Å². The zero-order valence-corrected chi connectivity index (χ0v) is 17.5. The summed E-state index contributed by atoms with van der Waals surface area (Å²) in [6.45, 7) is 4.77. The van der Waals surface area contributed by atoms with Crippen LogP contribution >= 0.6 is 12.4 Å². The third kappa shape index (κ3) is 8.03. The maximum absolute atomic E-state index is 12.4. The molecule has 0 heterocycles. The molecule has 0 aliphatic carbocycles. The summed E-state index contributed by atoms with van der Waals surface area (Å²) >= 11 is 0. The van der Waals surface area contributed by atoms with E-state index in [1.165, 1.54) is 4.31 Å². The van der Waals surface area contributed by atoms with Gasteiger partial charge in [0.05, 0.1) is 4.90 Å². The van der Waals surface area contributed by atoms with Gasteiger partial charge in [0, 0.05) is 26.1 Å². The molecule has 0 aromatic heterocycles. The summed E-state index contributed by atoms with van der Waals surface area (Å²) in [4.78, 5) is 12.1. The van der Waals surface area contributed by atoms with Gasteiger partial charge in [0.25, 0.3) is 0 Å². The third-order valence-electron chi connectivity index (χ3n) is 4.18. The molecule has 0 fully saturated rings. The highest BCUT2D eigenvalue weighted by atomic mass is 35.5. The number of carbonyl (C=O) groups excluding carboxylic acids is 1. The quantitative estimate of drug-likeness (QED) is 0.553. The van der Waals surface area contributed by atoms with Crippen molar-refractivity contribution in [3.8, 4) is 0 Å². The van der Waals surface area contributed by atoms with Gasteiger partial charge in [-0.05, 0) is 50.9 Å². The van der Waals surface area contributed by atoms with Crippen molar-refractivity contribution in [1.29, 1.82) is 0 Å². The summed E-state index contributed by atoms with van der Waals surface area (Å²) in [7, 11) is -1.90. The first-order valence-corrected chi connectivity index (χ1v) is 10.3. The number of nitrogens with one attached hydrogen (secondary N) is 1. The molecule has 8 heteroatoms. The number of carbonyl (C=O) groups is 1. The van der Waals surface area contributed by atoms with E-state index in [2.05, 4.69) is 5.32 Å². The molecule has 0 bridgehead atoms. The maximum atomic E-state index is 12.4. The molecule has 1 rings (SSSR count). The fourth-order valence-electron chi connectivity index (χ4n) is 2.30. The van der Waals surface area contributed by atoms with Crippen LogP contribution in [0.1, 0.15) is 51.5 Å². The van der Waals surface area contributed by atoms with E-state index in [0.717, 1.165) is 31.2 Å². The number of hydrogen-bond donors (Lipinski definition) is 2. The molecule has 0 atom stereocenters. The predicted octanol–water partition coefficient (Wildman–Crippen LogP) is 2.66. The summed E-state index contributed by atoms with van der Waals surface area (Å²) in [5, 5.41) is 2.87. The van der Waals surface area contributed by atoms with Crippen molar-refractivity contribution in [3.05, 3.63) is 29.8 Å². The van der Waals surface area contributed by atoms with Gasteiger partial charge < -0.3 is 11.1 Å². The van der Waals surface area contributed by atoms with E-state index >= 15 is 0 Å². The first-order valence-electron chi connectivity index (χ1n) is 8.82. The Hall–Kier alpha value is -1.15. The highest BCUT2D eigenvalue weighted by Gasteiger charge is 2.22. The van der Waals surface area contributed by atoms with Gasteiger partial charge in [-0.25, -0.2) is 8.42 Å². The Kier molecular flexibility index (Phi) is 11.7. The molecule has 0 saturated carbocycles. The lowest BCUT2D eigenvalue weighted by molar-refractivity contribution is -0.121. The number of nitrogens with zero attached hydrogens (tertiary/aromatic N) is 1. The van der Waals surface area contributed by atoms with E-state index in [4.69, 9.17) is 5.73 Å². The fraction of sp³-hybridized carbons (Fsp3) is 0.611. The van der Waals surface area contributed by atoms with Crippen LogP contribution in [0.2, 0.25) is 0 Å². The first kappa shape index (κ1) is 24.8. The molecule has 150 valence electrons. The van der Waals surface area contributed by atoms with Crippen molar-refractivity contribution in [2.75, 3.05) is 13.6 Å². The summed E-state index contributed by atoms with van der Waals surface area (Å²) in [5.74, 6) is 0.0176. The van der Waals surface area contributed by atoms with Crippen LogP contribution in [0, 0.1) is 0 Å². The summed E-state index contributed by atoms with van der Waals surface area (Å²) < 4.78 is 26.1. The minimum absolute atomic E-state index is 0. The number of halogens is 1. The summed E-state index contributed by atoms with van der Waals surface area (Å²) in [6.07, 6.45) is 4.45. The molecule has 3 N–H and O–H groups in total. The number of unbranched alkanes of at least 4 members (excludes halogenated alkanes) is 3. The zero-order chi connectivity index (χ0) is 18.9. The largest absolute Gasteiger partial charge is 0.352 e. The van der Waals surface area contributed by atoms with Crippen LogP contribution in [-0.4, -0.2) is 38.3 Å². The first-order chi connectivity index (χ1) is 11.8. The van der Waals surface area contributed by atoms with Gasteiger partial charge >= 0.3 is 0 Å². The molecule has 0 radical (unpaired) electrons. The number of nitrogens with two attached hydrogens (primary N) is 1. The lowest BCUT2D eigenvalue weighted by Crippen LogP contribution is -2.33. The second-order valence-electron chi connectivity index (χ2n) is 6.49. The van der Waals surface area contributed by atoms with Crippen molar-refractivity contribution in [1.82, 2.24) is 9.62 Å². The Morgan fingerprint density at radius 3 is 2.23 bits per heavy atom. The van der Waals surface area contributed by atoms with Gasteiger partial charge in [0.1, 0.15) is 0 Å². The highest BCUT2D eigenvalue weighted by molar-refractivity contribution is 7.89. The Bertz CT molecular complexity index is 634. The molecule has 1 aromatic carbocycles. The summed E-state index contributed by atoms with van der Waals surface area (Å²) in [6, 6.07) is 6.55. The second kappa shape index (κ2) is 12.3. The number of sulfonamides is 1. The molecular weight excluding hydrogens is 374 g/mol. The van der Waals surface area contributed by atoms with Gasteiger partial charge in [0.2, 0.25) is 15.9 Å². The Balaban J connectivity index is 0.00000625. The number of hydrogen-bond acceptors (Lipinski definition) is 4. The molecule has 0 saturated heterocycles. The maximum Gasteiger partial charge on any atom is 0.243 e. The van der Waals surface area contributed by atoms with Crippen LogP contribution in [0.5, 0.6) is 0 Å². The lowest BCUT2D eigenvalue weighted by atomic mass is 10.1. The van der Waals surface area contributed by atoms with Crippen LogP contribution in [0.4, 0.5) is 0 Å². The van der Waals surface area contributed by atoms with Crippen LogP contribution < -0.4 is 11.1 Å². The van der Waals surface area contributed by atoms with Crippen molar-refractivity contribution in [3.63, 3.8) is 0 Å². The van der Waals surface area contributed by atoms with Crippen LogP contribution in [0.15, 0.2) is 29.2 Å². The Labute approximate surface area is 164 Å². The normalized spacial score (nSPS) is 11.5. The van der Waals surface area contributed by atoms with E-state index in [0.29, 0.717) is 19.5 Å². The average molecular weight is 406 g/mol. The van der Waals surface area contributed by atoms with Crippen molar-refractivity contribution in [2.24, 2.45) is 5.73 Å². The molecule has 1 amide bonds. The highest BCUT2D eigenvalue weighted by Crippen LogP contribution is 2.17. The van der Waals surface area contributed by atoms with Crippen LogP contribution in [0.3, 0.4) is 0 Å². The second-order valence-corrected chi connectivity index (χ2v) is 8.49. The standard InChI is InChI=1S/C18H31N3O3S.ClH/c1-15(2)21(3)25(23,24)17-11-9-16(10-12-17)14-20-18(22)8-6-4-5-7-13-19;/h9-12,15H,4-8,13-14,19H2,1-3H3,(H,20,22);1H. The zero-order valence-electron chi connectivity index (χ0n) is 15.9. The van der Waals surface area contributed by atoms with Crippen LogP contribution in [-0.2, 0) is 21.4 Å². The van der Waals surface area contributed by atoms with Crippen molar-refractivity contribution < 1.29 is 13.2 Å². The van der Waals surface area contributed by atoms with E-state index < -0.39 is 10.0 Å². The smallest absolute Gasteiger partial charge is 0.243 e. The predicted molar refractivity (Wildman–Crippen MR) is 108 cm³/mol. The molecule has 0 aliphatic rings. The molecular formula is C18H32ClN3O3S. The molecule has 0 unspecified atom stereocenters. The van der Waals surface area contributed by atoms with Crippen molar-refractivity contribution in [2.45, 2.75) is 63.4 Å². The molecule has 0 aliphatic heterocycles. The fourth-order valence-corrected chi connectivity index (χ4v) is 3.66. The summed E-state index contributed by atoms with van der Waals surface area (Å²) in [5.41, 5.74) is 6.31. The number of rotatable bonds is 11. The molecule has 0 spiro atoms. The minimum atomic E-state index is -3.47. The van der Waals surface area contributed by atoms with Gasteiger partial charge in [0.15, 0.2) is 0 Å². The lowest BCUT2D eigenvalue weighted by Gasteiger charge is -2.21. The number of benzene rings is 1. The monoisotopic (exact) mass is 405 g/mol. The minimum Gasteiger partial charge on any atom is -0.352 e. The van der Waals surface area contributed by atoms with Gasteiger partial charge in [-0.2, -0.15) is 4.31 Å². The van der Waals surface area contributed by atoms with E-state index in [1.54, 1.807) is 31.3 Å². The van der Waals surface area contributed by atoms with E-state index in [-0.39, 0.29) is 29.3 Å². The van der Waals surface area contributed by atoms with Gasteiger partial charge in [-0.3, -0.25) is 4.79 Å². The van der Waals surface area contributed by atoms with Crippen molar-refractivity contribution >= 4 is 28.3 Å². The van der Waals surface area contributed by atoms with Gasteiger partial charge in [-0.1, -0.05) is 25.0 Å². The number of amides is 1. The topological polar surface area (TPSA) is 92.5 Å². The average Bonchev–Trinajstić information content (AvgIpc) is 2.59.